The largest absolute Gasteiger partial charge is 0.388 e. The van der Waals surface area contributed by atoms with Crippen LogP contribution in [-0.2, 0) is 6.54 Å². The van der Waals surface area contributed by atoms with Gasteiger partial charge in [0, 0.05) is 17.8 Å². The first kappa shape index (κ1) is 10.1. The van der Waals surface area contributed by atoms with Gasteiger partial charge >= 0.3 is 0 Å². The molecule has 0 radical (unpaired) electrons. The quantitative estimate of drug-likeness (QED) is 0.882. The van der Waals surface area contributed by atoms with Gasteiger partial charge in [-0.1, -0.05) is 0 Å². The van der Waals surface area contributed by atoms with Gasteiger partial charge in [0.15, 0.2) is 0 Å². The first-order valence-corrected chi connectivity index (χ1v) is 6.48. The molecule has 1 N–H and O–H groups in total. The molecule has 3 rings (SSSR count). The van der Waals surface area contributed by atoms with Gasteiger partial charge in [0.2, 0.25) is 0 Å². The minimum Gasteiger partial charge on any atom is -0.388 e. The summed E-state index contributed by atoms with van der Waals surface area (Å²) in [6, 6.07) is 2.01. The molecular weight excluding hydrogens is 220 g/mol. The number of hydrogen-bond donors (Lipinski definition) is 1. The smallest absolute Gasteiger partial charge is 0.0832 e. The summed E-state index contributed by atoms with van der Waals surface area (Å²) in [6.45, 7) is 0.793. The van der Waals surface area contributed by atoms with Crippen LogP contribution in [0.3, 0.4) is 0 Å². The van der Waals surface area contributed by atoms with E-state index in [0.29, 0.717) is 5.92 Å². The normalized spacial score (nSPS) is 17.6. The van der Waals surface area contributed by atoms with Crippen molar-refractivity contribution in [3.05, 3.63) is 40.6 Å². The van der Waals surface area contributed by atoms with Crippen molar-refractivity contribution in [2.45, 2.75) is 25.5 Å². The standard InChI is InChI=1S/C12H14N2OS/c15-12(9-1-2-9)10-3-4-14(5-10)6-11-7-16-8-13-11/h3-5,7-9,12,15H,1-2,6H2. The summed E-state index contributed by atoms with van der Waals surface area (Å²) in [5, 5.41) is 12.0. The van der Waals surface area contributed by atoms with Gasteiger partial charge in [-0.2, -0.15) is 0 Å². The first-order chi connectivity index (χ1) is 7.83. The number of aliphatic hydroxyl groups excluding tert-OH is 1. The molecule has 0 bridgehead atoms. The maximum atomic E-state index is 9.97. The zero-order valence-corrected chi connectivity index (χ0v) is 9.73. The molecule has 16 heavy (non-hydrogen) atoms. The van der Waals surface area contributed by atoms with Crippen LogP contribution in [0.5, 0.6) is 0 Å². The van der Waals surface area contributed by atoms with E-state index in [1.54, 1.807) is 11.3 Å². The van der Waals surface area contributed by atoms with Crippen LogP contribution in [0.25, 0.3) is 0 Å². The third-order valence-electron chi connectivity index (χ3n) is 3.01. The van der Waals surface area contributed by atoms with Crippen LogP contribution in [0.1, 0.15) is 30.2 Å². The molecule has 84 valence electrons. The number of thiazole rings is 1. The lowest BCUT2D eigenvalue weighted by atomic mass is 10.1. The second-order valence-corrected chi connectivity index (χ2v) is 5.10. The molecule has 1 atom stereocenters. The Hall–Kier alpha value is -1.13. The molecule has 1 aliphatic carbocycles. The molecule has 0 amide bonds. The van der Waals surface area contributed by atoms with Crippen LogP contribution in [0.2, 0.25) is 0 Å². The number of nitrogens with zero attached hydrogens (tertiary/aromatic N) is 2. The Morgan fingerprint density at radius 3 is 3.12 bits per heavy atom. The fourth-order valence-electron chi connectivity index (χ4n) is 1.92. The van der Waals surface area contributed by atoms with Gasteiger partial charge in [-0.3, -0.25) is 0 Å². The molecule has 1 fully saturated rings. The Labute approximate surface area is 98.4 Å². The average Bonchev–Trinajstić information content (AvgIpc) is 2.82. The molecule has 1 saturated carbocycles. The lowest BCUT2D eigenvalue weighted by Crippen LogP contribution is -1.99. The van der Waals surface area contributed by atoms with Crippen molar-refractivity contribution < 1.29 is 5.11 Å². The monoisotopic (exact) mass is 234 g/mol. The third-order valence-corrected chi connectivity index (χ3v) is 3.65. The second-order valence-electron chi connectivity index (χ2n) is 4.38. The minimum atomic E-state index is -0.267. The van der Waals surface area contributed by atoms with Crippen molar-refractivity contribution in [2.75, 3.05) is 0 Å². The molecular formula is C12H14N2OS. The number of hydrogen-bond acceptors (Lipinski definition) is 3. The Balaban J connectivity index is 1.72. The molecule has 0 saturated heterocycles. The van der Waals surface area contributed by atoms with E-state index in [9.17, 15) is 5.11 Å². The highest BCUT2D eigenvalue weighted by molar-refractivity contribution is 7.07. The van der Waals surface area contributed by atoms with Gasteiger partial charge in [-0.05, 0) is 30.4 Å². The summed E-state index contributed by atoms with van der Waals surface area (Å²) in [7, 11) is 0. The molecule has 0 aliphatic heterocycles. The van der Waals surface area contributed by atoms with Crippen molar-refractivity contribution in [3.63, 3.8) is 0 Å². The Morgan fingerprint density at radius 1 is 1.56 bits per heavy atom. The maximum absolute atomic E-state index is 9.97. The third kappa shape index (κ3) is 2.03. The Bertz CT molecular complexity index is 459. The van der Waals surface area contributed by atoms with Gasteiger partial charge in [0.05, 0.1) is 23.9 Å². The molecule has 4 heteroatoms. The molecule has 1 unspecified atom stereocenters. The van der Waals surface area contributed by atoms with Crippen LogP contribution in [0.15, 0.2) is 29.4 Å². The van der Waals surface area contributed by atoms with E-state index >= 15 is 0 Å². The Kier molecular flexibility index (Phi) is 2.53. The lowest BCUT2D eigenvalue weighted by molar-refractivity contribution is 0.154. The van der Waals surface area contributed by atoms with Crippen LogP contribution in [0, 0.1) is 5.92 Å². The van der Waals surface area contributed by atoms with Crippen molar-refractivity contribution in [1.29, 1.82) is 0 Å². The van der Waals surface area contributed by atoms with Crippen molar-refractivity contribution in [3.8, 4) is 0 Å². The van der Waals surface area contributed by atoms with E-state index in [-0.39, 0.29) is 6.10 Å². The zero-order valence-electron chi connectivity index (χ0n) is 8.91. The number of aromatic nitrogens is 2. The van der Waals surface area contributed by atoms with Gasteiger partial charge in [0.1, 0.15) is 0 Å². The molecule has 2 aromatic heterocycles. The fraction of sp³-hybridized carbons (Fsp3) is 0.417. The van der Waals surface area contributed by atoms with Crippen molar-refractivity contribution >= 4 is 11.3 Å². The number of aliphatic hydroxyl groups is 1. The van der Waals surface area contributed by atoms with Gasteiger partial charge in [-0.25, -0.2) is 4.98 Å². The minimum absolute atomic E-state index is 0.267. The summed E-state index contributed by atoms with van der Waals surface area (Å²) in [6.07, 6.45) is 6.11. The van der Waals surface area contributed by atoms with Crippen molar-refractivity contribution in [2.24, 2.45) is 5.92 Å². The first-order valence-electron chi connectivity index (χ1n) is 5.54. The van der Waals surface area contributed by atoms with Gasteiger partial charge in [-0.15, -0.1) is 11.3 Å². The molecule has 0 aromatic carbocycles. The molecule has 3 nitrogen and oxygen atoms in total. The highest BCUT2D eigenvalue weighted by Gasteiger charge is 2.31. The molecule has 0 spiro atoms. The molecule has 2 heterocycles. The summed E-state index contributed by atoms with van der Waals surface area (Å²) in [5.74, 6) is 0.495. The summed E-state index contributed by atoms with van der Waals surface area (Å²) in [4.78, 5) is 4.25. The lowest BCUT2D eigenvalue weighted by Gasteiger charge is -2.05. The molecule has 2 aromatic rings. The predicted octanol–water partition coefficient (Wildman–Crippen LogP) is 2.44. The number of rotatable bonds is 4. The predicted molar refractivity (Wildman–Crippen MR) is 63.3 cm³/mol. The zero-order chi connectivity index (χ0) is 11.0. The second kappa shape index (κ2) is 4.03. The van der Waals surface area contributed by atoms with E-state index in [1.807, 2.05) is 24.0 Å². The van der Waals surface area contributed by atoms with E-state index in [2.05, 4.69) is 14.9 Å². The van der Waals surface area contributed by atoms with E-state index in [4.69, 9.17) is 0 Å². The molecule has 1 aliphatic rings. The summed E-state index contributed by atoms with van der Waals surface area (Å²) < 4.78 is 2.08. The van der Waals surface area contributed by atoms with Gasteiger partial charge < -0.3 is 9.67 Å². The highest BCUT2D eigenvalue weighted by Crippen LogP contribution is 2.40. The van der Waals surface area contributed by atoms with E-state index < -0.39 is 0 Å². The van der Waals surface area contributed by atoms with E-state index in [0.717, 1.165) is 17.8 Å². The summed E-state index contributed by atoms with van der Waals surface area (Å²) >= 11 is 1.61. The van der Waals surface area contributed by atoms with Crippen LogP contribution >= 0.6 is 11.3 Å². The van der Waals surface area contributed by atoms with Crippen LogP contribution in [0.4, 0.5) is 0 Å². The topological polar surface area (TPSA) is 38.0 Å². The van der Waals surface area contributed by atoms with Crippen molar-refractivity contribution in [1.82, 2.24) is 9.55 Å². The highest BCUT2D eigenvalue weighted by atomic mass is 32.1. The van der Waals surface area contributed by atoms with Crippen LogP contribution in [-0.4, -0.2) is 14.7 Å². The maximum Gasteiger partial charge on any atom is 0.0832 e. The summed E-state index contributed by atoms with van der Waals surface area (Å²) in [5.41, 5.74) is 3.96. The van der Waals surface area contributed by atoms with Gasteiger partial charge in [0.25, 0.3) is 0 Å². The SMILES string of the molecule is OC(c1ccn(Cc2cscn2)c1)C1CC1. The fourth-order valence-corrected chi connectivity index (χ4v) is 2.47. The average molecular weight is 234 g/mol. The van der Waals surface area contributed by atoms with Crippen LogP contribution < -0.4 is 0 Å². The van der Waals surface area contributed by atoms with E-state index in [1.165, 1.54) is 12.8 Å². The Morgan fingerprint density at radius 2 is 2.44 bits per heavy atom.